The van der Waals surface area contributed by atoms with E-state index in [0.717, 1.165) is 12.1 Å². The zero-order valence-corrected chi connectivity index (χ0v) is 14.7. The van der Waals surface area contributed by atoms with Gasteiger partial charge in [0, 0.05) is 11.2 Å². The van der Waals surface area contributed by atoms with Crippen LogP contribution < -0.4 is 4.74 Å². The van der Waals surface area contributed by atoms with Crippen LogP contribution in [0, 0.1) is 10.1 Å². The maximum absolute atomic E-state index is 12.6. The molecule has 3 heterocycles. The molecule has 0 radical (unpaired) electrons. The Kier molecular flexibility index (Phi) is 4.70. The summed E-state index contributed by atoms with van der Waals surface area (Å²) in [4.78, 5) is 13.9. The molecule has 0 saturated carbocycles. The topological polar surface area (TPSA) is 97.2 Å². The number of nitro groups is 1. The first kappa shape index (κ1) is 18.9. The van der Waals surface area contributed by atoms with Gasteiger partial charge < -0.3 is 19.6 Å². The smallest absolute Gasteiger partial charge is 0.416 e. The molecular weight excluding hydrogens is 395 g/mol. The number of fused-ring (bicyclic) bond motifs is 1. The Morgan fingerprint density at radius 3 is 2.72 bits per heavy atom. The Bertz CT molecular complexity index is 1030. The van der Waals surface area contributed by atoms with E-state index in [1.165, 1.54) is 27.6 Å². The van der Waals surface area contributed by atoms with Crippen molar-refractivity contribution in [1.82, 2.24) is 19.3 Å². The molecule has 0 unspecified atom stereocenters. The van der Waals surface area contributed by atoms with Gasteiger partial charge in [-0.1, -0.05) is 0 Å². The number of rotatable bonds is 5. The first-order valence-electron chi connectivity index (χ1n) is 8.48. The molecule has 29 heavy (non-hydrogen) atoms. The van der Waals surface area contributed by atoms with Crippen LogP contribution in [0.3, 0.4) is 0 Å². The predicted molar refractivity (Wildman–Crippen MR) is 91.5 cm³/mol. The molecule has 1 aliphatic heterocycles. The first-order chi connectivity index (χ1) is 13.8. The molecule has 1 atom stereocenters. The van der Waals surface area contributed by atoms with Gasteiger partial charge in [-0.25, -0.2) is 4.68 Å². The van der Waals surface area contributed by atoms with Gasteiger partial charge in [0.05, 0.1) is 30.1 Å². The third-order valence-corrected chi connectivity index (χ3v) is 4.28. The van der Waals surface area contributed by atoms with Gasteiger partial charge in [0.15, 0.2) is 0 Å². The number of halogens is 3. The maximum atomic E-state index is 12.6. The van der Waals surface area contributed by atoms with E-state index in [2.05, 4.69) is 10.1 Å². The summed E-state index contributed by atoms with van der Waals surface area (Å²) in [5, 5.41) is 15.1. The van der Waals surface area contributed by atoms with Crippen molar-refractivity contribution in [2.24, 2.45) is 0 Å². The molecule has 1 aliphatic rings. The third kappa shape index (κ3) is 4.06. The van der Waals surface area contributed by atoms with Crippen molar-refractivity contribution >= 4 is 5.82 Å². The second-order valence-corrected chi connectivity index (χ2v) is 6.33. The molecule has 2 aromatic heterocycles. The molecule has 0 aliphatic carbocycles. The van der Waals surface area contributed by atoms with Gasteiger partial charge in [-0.15, -0.1) is 0 Å². The Balaban J connectivity index is 1.37. The van der Waals surface area contributed by atoms with Crippen LogP contribution in [-0.2, 0) is 24.1 Å². The lowest BCUT2D eigenvalue weighted by molar-refractivity contribution is -0.389. The van der Waals surface area contributed by atoms with Crippen molar-refractivity contribution in [3.8, 4) is 11.7 Å². The van der Waals surface area contributed by atoms with Gasteiger partial charge in [0.25, 0.3) is 0 Å². The molecular formula is C17H14F3N5O4. The largest absolute Gasteiger partial charge is 0.443 e. The van der Waals surface area contributed by atoms with Crippen LogP contribution in [0.25, 0.3) is 5.69 Å². The normalized spacial score (nSPS) is 16.3. The van der Waals surface area contributed by atoms with Crippen molar-refractivity contribution in [2.45, 2.75) is 25.4 Å². The summed E-state index contributed by atoms with van der Waals surface area (Å²) in [5.41, 5.74) is 0.335. The Morgan fingerprint density at radius 1 is 1.28 bits per heavy atom. The van der Waals surface area contributed by atoms with Gasteiger partial charge in [-0.05, 0) is 35.3 Å². The van der Waals surface area contributed by atoms with Crippen molar-refractivity contribution in [3.63, 3.8) is 0 Å². The average Bonchev–Trinajstić information content (AvgIpc) is 3.32. The number of nitrogens with zero attached hydrogens (tertiary/aromatic N) is 5. The molecule has 152 valence electrons. The standard InChI is InChI=1S/C17H14F3N5O4/c18-17(19,20)11-1-3-13(4-2-11)24-6-5-12(22-24)9-28-14-7-23-8-15(25(26)27)21-16(23)29-10-14/h1-6,8,14H,7,9-10H2/t14-/m0/s1. The minimum absolute atomic E-state index is 0.147. The third-order valence-electron chi connectivity index (χ3n) is 4.28. The van der Waals surface area contributed by atoms with E-state index in [0.29, 0.717) is 17.9 Å². The highest BCUT2D eigenvalue weighted by Gasteiger charge is 2.30. The van der Waals surface area contributed by atoms with Crippen molar-refractivity contribution in [1.29, 1.82) is 0 Å². The van der Waals surface area contributed by atoms with E-state index in [1.54, 1.807) is 12.3 Å². The molecule has 9 nitrogen and oxygen atoms in total. The number of benzene rings is 1. The van der Waals surface area contributed by atoms with Crippen LogP contribution >= 0.6 is 0 Å². The summed E-state index contributed by atoms with van der Waals surface area (Å²) < 4.78 is 52.0. The zero-order chi connectivity index (χ0) is 20.6. The van der Waals surface area contributed by atoms with Crippen LogP contribution in [0.5, 0.6) is 6.01 Å². The second-order valence-electron chi connectivity index (χ2n) is 6.33. The van der Waals surface area contributed by atoms with Gasteiger partial charge in [0.1, 0.15) is 18.9 Å². The van der Waals surface area contributed by atoms with Crippen LogP contribution in [0.15, 0.2) is 42.7 Å². The Morgan fingerprint density at radius 2 is 2.03 bits per heavy atom. The van der Waals surface area contributed by atoms with Gasteiger partial charge >= 0.3 is 18.0 Å². The molecule has 0 N–H and O–H groups in total. The van der Waals surface area contributed by atoms with Gasteiger partial charge in [-0.3, -0.25) is 4.57 Å². The van der Waals surface area contributed by atoms with Crippen LogP contribution in [-0.4, -0.2) is 37.0 Å². The molecule has 0 amide bonds. The molecule has 0 spiro atoms. The van der Waals surface area contributed by atoms with Gasteiger partial charge in [0.2, 0.25) is 0 Å². The van der Waals surface area contributed by atoms with Crippen LogP contribution in [0.1, 0.15) is 11.3 Å². The van der Waals surface area contributed by atoms with E-state index in [-0.39, 0.29) is 31.1 Å². The number of alkyl halides is 3. The monoisotopic (exact) mass is 409 g/mol. The van der Waals surface area contributed by atoms with E-state index in [9.17, 15) is 23.3 Å². The average molecular weight is 409 g/mol. The highest BCUT2D eigenvalue weighted by atomic mass is 19.4. The molecule has 0 bridgehead atoms. The zero-order valence-electron chi connectivity index (χ0n) is 14.7. The fraction of sp³-hybridized carbons (Fsp3) is 0.294. The minimum atomic E-state index is -4.39. The lowest BCUT2D eigenvalue weighted by atomic mass is 10.2. The molecule has 12 heteroatoms. The number of hydrogen-bond acceptors (Lipinski definition) is 6. The number of ether oxygens (including phenoxy) is 2. The Labute approximate surface area is 161 Å². The van der Waals surface area contributed by atoms with E-state index >= 15 is 0 Å². The fourth-order valence-corrected chi connectivity index (χ4v) is 2.85. The molecule has 4 rings (SSSR count). The summed E-state index contributed by atoms with van der Waals surface area (Å²) in [6.45, 7) is 0.678. The van der Waals surface area contributed by atoms with E-state index in [1.807, 2.05) is 0 Å². The maximum Gasteiger partial charge on any atom is 0.416 e. The Hall–Kier alpha value is -3.41. The summed E-state index contributed by atoms with van der Waals surface area (Å²) in [6.07, 6.45) is -1.84. The van der Waals surface area contributed by atoms with Gasteiger partial charge in [-0.2, -0.15) is 18.3 Å². The highest BCUT2D eigenvalue weighted by molar-refractivity contribution is 5.35. The lowest BCUT2D eigenvalue weighted by Crippen LogP contribution is -2.32. The lowest BCUT2D eigenvalue weighted by Gasteiger charge is -2.21. The minimum Gasteiger partial charge on any atom is -0.443 e. The summed E-state index contributed by atoms with van der Waals surface area (Å²) in [5.74, 6) is -0.295. The first-order valence-corrected chi connectivity index (χ1v) is 8.48. The highest BCUT2D eigenvalue weighted by Crippen LogP contribution is 2.29. The van der Waals surface area contributed by atoms with Crippen molar-refractivity contribution in [3.05, 3.63) is 64.1 Å². The second kappa shape index (κ2) is 7.20. The summed E-state index contributed by atoms with van der Waals surface area (Å²) in [7, 11) is 0. The summed E-state index contributed by atoms with van der Waals surface area (Å²) >= 11 is 0. The fourth-order valence-electron chi connectivity index (χ4n) is 2.85. The number of aromatic nitrogens is 4. The molecule has 0 saturated heterocycles. The van der Waals surface area contributed by atoms with Crippen molar-refractivity contribution in [2.75, 3.05) is 6.61 Å². The molecule has 0 fully saturated rings. The van der Waals surface area contributed by atoms with E-state index in [4.69, 9.17) is 9.47 Å². The quantitative estimate of drug-likeness (QED) is 0.475. The van der Waals surface area contributed by atoms with Crippen molar-refractivity contribution < 1.29 is 27.6 Å². The summed E-state index contributed by atoms with van der Waals surface area (Å²) in [6, 6.07) is 6.52. The van der Waals surface area contributed by atoms with Crippen LogP contribution in [0.2, 0.25) is 0 Å². The SMILES string of the molecule is O=[N+]([O-])c1cn2c(n1)OC[C@@H](OCc1ccn(-c3ccc(C(F)(F)F)cc3)n1)C2. The number of hydrogen-bond donors (Lipinski definition) is 0. The predicted octanol–water partition coefficient (Wildman–Crippen LogP) is 2.97. The molecule has 1 aromatic carbocycles. The van der Waals surface area contributed by atoms with E-state index < -0.39 is 16.7 Å². The van der Waals surface area contributed by atoms with Crippen LogP contribution in [0.4, 0.5) is 19.0 Å². The number of imidazole rings is 1. The molecule has 3 aromatic rings.